The summed E-state index contributed by atoms with van der Waals surface area (Å²) in [5.74, 6) is 0. The predicted molar refractivity (Wildman–Crippen MR) is 118 cm³/mol. The van der Waals surface area contributed by atoms with Gasteiger partial charge in [0.15, 0.2) is 0 Å². The highest BCUT2D eigenvalue weighted by Crippen LogP contribution is 2.35. The fourth-order valence-electron chi connectivity index (χ4n) is 3.83. The van der Waals surface area contributed by atoms with Crippen molar-refractivity contribution < 1.29 is 0 Å². The summed E-state index contributed by atoms with van der Waals surface area (Å²) in [6.45, 7) is 13.6. The minimum Gasteiger partial charge on any atom is -0.309 e. The lowest BCUT2D eigenvalue weighted by Gasteiger charge is -2.20. The Bertz CT molecular complexity index is 1110. The Morgan fingerprint density at radius 2 is 1.11 bits per heavy atom. The minimum absolute atomic E-state index is 0.145. The van der Waals surface area contributed by atoms with Crippen molar-refractivity contribution in [2.24, 2.45) is 0 Å². The Balaban J connectivity index is 1.99. The van der Waals surface area contributed by atoms with Gasteiger partial charge in [0.1, 0.15) is 0 Å². The van der Waals surface area contributed by atoms with Gasteiger partial charge in [-0.25, -0.2) is 0 Å². The molecular formula is C26H29N. The molecule has 0 saturated heterocycles. The maximum absolute atomic E-state index is 2.39. The van der Waals surface area contributed by atoms with Gasteiger partial charge >= 0.3 is 0 Å². The van der Waals surface area contributed by atoms with Crippen molar-refractivity contribution in [1.29, 1.82) is 0 Å². The molecule has 1 heterocycles. The van der Waals surface area contributed by atoms with Gasteiger partial charge in [-0.15, -0.1) is 0 Å². The molecule has 0 bridgehead atoms. The molecule has 3 aromatic carbocycles. The van der Waals surface area contributed by atoms with Gasteiger partial charge < -0.3 is 4.57 Å². The Morgan fingerprint density at radius 3 is 1.74 bits per heavy atom. The monoisotopic (exact) mass is 355 g/mol. The van der Waals surface area contributed by atoms with Gasteiger partial charge in [0.25, 0.3) is 0 Å². The molecule has 1 nitrogen and oxygen atoms in total. The fraction of sp³-hybridized carbons (Fsp3) is 0.308. The number of fused-ring (bicyclic) bond motifs is 3. The zero-order valence-corrected chi connectivity index (χ0v) is 17.3. The van der Waals surface area contributed by atoms with Crippen molar-refractivity contribution in [2.45, 2.75) is 52.4 Å². The zero-order chi connectivity index (χ0) is 19.4. The molecule has 0 fully saturated rings. The maximum atomic E-state index is 2.39. The van der Waals surface area contributed by atoms with Crippen LogP contribution in [0.25, 0.3) is 27.5 Å². The van der Waals surface area contributed by atoms with Gasteiger partial charge in [-0.2, -0.15) is 0 Å². The number of hydrogen-bond donors (Lipinski definition) is 0. The average molecular weight is 356 g/mol. The molecule has 0 aliphatic rings. The lowest BCUT2D eigenvalue weighted by atomic mass is 9.86. The van der Waals surface area contributed by atoms with E-state index in [0.717, 1.165) is 0 Å². The van der Waals surface area contributed by atoms with E-state index in [-0.39, 0.29) is 10.8 Å². The summed E-state index contributed by atoms with van der Waals surface area (Å²) in [6.07, 6.45) is 0. The number of hydrogen-bond acceptors (Lipinski definition) is 0. The summed E-state index contributed by atoms with van der Waals surface area (Å²) >= 11 is 0. The van der Waals surface area contributed by atoms with Crippen molar-refractivity contribution in [2.75, 3.05) is 0 Å². The lowest BCUT2D eigenvalue weighted by Crippen LogP contribution is -2.11. The molecule has 0 saturated carbocycles. The molecule has 0 aliphatic carbocycles. The SMILES string of the molecule is CC(C)(C)c1ccc(-n2c3ccccc3c3cc(C(C)(C)C)ccc32)cc1. The first-order chi connectivity index (χ1) is 12.7. The van der Waals surface area contributed by atoms with E-state index in [4.69, 9.17) is 0 Å². The highest BCUT2D eigenvalue weighted by molar-refractivity contribution is 6.09. The van der Waals surface area contributed by atoms with Crippen LogP contribution in [-0.4, -0.2) is 4.57 Å². The van der Waals surface area contributed by atoms with Crippen LogP contribution in [0, 0.1) is 0 Å². The fourth-order valence-corrected chi connectivity index (χ4v) is 3.83. The summed E-state index contributed by atoms with van der Waals surface area (Å²) in [5.41, 5.74) is 6.81. The highest BCUT2D eigenvalue weighted by Gasteiger charge is 2.18. The third-order valence-corrected chi connectivity index (χ3v) is 5.53. The van der Waals surface area contributed by atoms with E-state index in [0.29, 0.717) is 0 Å². The highest BCUT2D eigenvalue weighted by atomic mass is 15.0. The summed E-state index contributed by atoms with van der Waals surface area (Å²) in [7, 11) is 0. The van der Waals surface area contributed by atoms with Crippen LogP contribution in [0.1, 0.15) is 52.7 Å². The third kappa shape index (κ3) is 3.06. The molecular weight excluding hydrogens is 326 g/mol. The van der Waals surface area contributed by atoms with Gasteiger partial charge in [-0.1, -0.05) is 77.9 Å². The second-order valence-corrected chi connectivity index (χ2v) is 9.63. The van der Waals surface area contributed by atoms with Crippen molar-refractivity contribution in [1.82, 2.24) is 4.57 Å². The molecule has 0 amide bonds. The van der Waals surface area contributed by atoms with Crippen molar-refractivity contribution >= 4 is 21.8 Å². The van der Waals surface area contributed by atoms with E-state index < -0.39 is 0 Å². The van der Waals surface area contributed by atoms with Crippen LogP contribution >= 0.6 is 0 Å². The molecule has 1 heteroatoms. The normalized spacial score (nSPS) is 12.8. The molecule has 0 radical (unpaired) electrons. The van der Waals surface area contributed by atoms with Crippen LogP contribution in [-0.2, 0) is 10.8 Å². The Labute approximate surface area is 162 Å². The van der Waals surface area contributed by atoms with Crippen LogP contribution in [0.15, 0.2) is 66.7 Å². The number of para-hydroxylation sites is 1. The molecule has 1 aromatic heterocycles. The molecule has 0 N–H and O–H groups in total. The van der Waals surface area contributed by atoms with E-state index in [1.165, 1.54) is 38.6 Å². The number of nitrogens with zero attached hydrogens (tertiary/aromatic N) is 1. The van der Waals surface area contributed by atoms with Crippen LogP contribution in [0.4, 0.5) is 0 Å². The number of benzene rings is 3. The van der Waals surface area contributed by atoms with E-state index >= 15 is 0 Å². The summed E-state index contributed by atoms with van der Waals surface area (Å²) in [5, 5.41) is 2.65. The Hall–Kier alpha value is -2.54. The molecule has 4 rings (SSSR count). The average Bonchev–Trinajstić information content (AvgIpc) is 2.94. The zero-order valence-electron chi connectivity index (χ0n) is 17.3. The minimum atomic E-state index is 0.145. The van der Waals surface area contributed by atoms with E-state index in [1.54, 1.807) is 0 Å². The van der Waals surface area contributed by atoms with Crippen LogP contribution in [0.2, 0.25) is 0 Å². The predicted octanol–water partition coefficient (Wildman–Crippen LogP) is 7.38. The van der Waals surface area contributed by atoms with Crippen molar-refractivity contribution in [3.63, 3.8) is 0 Å². The summed E-state index contributed by atoms with van der Waals surface area (Å²) < 4.78 is 2.39. The molecule has 27 heavy (non-hydrogen) atoms. The summed E-state index contributed by atoms with van der Waals surface area (Å²) in [6, 6.07) is 24.7. The van der Waals surface area contributed by atoms with Gasteiger partial charge in [0.05, 0.1) is 11.0 Å². The third-order valence-electron chi connectivity index (χ3n) is 5.53. The molecule has 0 unspecified atom stereocenters. The van der Waals surface area contributed by atoms with E-state index in [1.807, 2.05) is 0 Å². The number of aromatic nitrogens is 1. The quantitative estimate of drug-likeness (QED) is 0.336. The largest absolute Gasteiger partial charge is 0.309 e. The molecule has 138 valence electrons. The Kier molecular flexibility index (Phi) is 3.96. The lowest BCUT2D eigenvalue weighted by molar-refractivity contribution is 0.590. The second kappa shape index (κ2) is 5.99. The first-order valence-electron chi connectivity index (χ1n) is 9.81. The second-order valence-electron chi connectivity index (χ2n) is 9.63. The van der Waals surface area contributed by atoms with E-state index in [9.17, 15) is 0 Å². The smallest absolute Gasteiger partial charge is 0.0541 e. The van der Waals surface area contributed by atoms with Crippen molar-refractivity contribution in [3.05, 3.63) is 77.9 Å². The molecule has 0 atom stereocenters. The van der Waals surface area contributed by atoms with E-state index in [2.05, 4.69) is 113 Å². The number of rotatable bonds is 1. The van der Waals surface area contributed by atoms with Gasteiger partial charge in [0.2, 0.25) is 0 Å². The molecule has 0 spiro atoms. The van der Waals surface area contributed by atoms with Gasteiger partial charge in [0, 0.05) is 16.5 Å². The van der Waals surface area contributed by atoms with Gasteiger partial charge in [-0.3, -0.25) is 0 Å². The topological polar surface area (TPSA) is 4.93 Å². The summed E-state index contributed by atoms with van der Waals surface area (Å²) in [4.78, 5) is 0. The first kappa shape index (κ1) is 17.9. The Morgan fingerprint density at radius 1 is 0.556 bits per heavy atom. The molecule has 0 aliphatic heterocycles. The maximum Gasteiger partial charge on any atom is 0.0541 e. The van der Waals surface area contributed by atoms with Crippen LogP contribution < -0.4 is 0 Å². The standard InChI is InChI=1S/C26H29N/c1-25(2,3)18-11-14-20(15-12-18)27-23-10-8-7-9-21(23)22-17-19(26(4,5)6)13-16-24(22)27/h7-17H,1-6H3. The molecule has 4 aromatic rings. The van der Waals surface area contributed by atoms with Crippen molar-refractivity contribution in [3.8, 4) is 5.69 Å². The first-order valence-corrected chi connectivity index (χ1v) is 9.81. The van der Waals surface area contributed by atoms with Gasteiger partial charge in [-0.05, 0) is 52.3 Å². The van der Waals surface area contributed by atoms with Crippen LogP contribution in [0.5, 0.6) is 0 Å². The van der Waals surface area contributed by atoms with Crippen LogP contribution in [0.3, 0.4) is 0 Å².